The van der Waals surface area contributed by atoms with E-state index in [1.807, 2.05) is 0 Å². The van der Waals surface area contributed by atoms with Crippen LogP contribution < -0.4 is 0 Å². The highest BCUT2D eigenvalue weighted by molar-refractivity contribution is 6.01. The fraction of sp³-hybridized carbons (Fsp3) is 0. The van der Waals surface area contributed by atoms with Crippen molar-refractivity contribution < 1.29 is 0 Å². The second-order valence-corrected chi connectivity index (χ2v) is 13.0. The Morgan fingerprint density at radius 3 is 1.02 bits per heavy atom. The minimum absolute atomic E-state index is 1.14. The van der Waals surface area contributed by atoms with Crippen LogP contribution in [0.25, 0.3) is 83.4 Å². The normalized spacial score (nSPS) is 11.1. The second kappa shape index (κ2) is 13.3. The van der Waals surface area contributed by atoms with Crippen LogP contribution in [0.4, 0.5) is 0 Å². The number of nitrogens with zero attached hydrogens (tertiary/aromatic N) is 1. The van der Waals surface area contributed by atoms with Crippen molar-refractivity contribution in [3.63, 3.8) is 0 Å². The molecule has 0 spiro atoms. The third kappa shape index (κ3) is 6.07. The lowest BCUT2D eigenvalue weighted by atomic mass is 9.91. The van der Waals surface area contributed by atoms with Crippen LogP contribution in [0.2, 0.25) is 0 Å². The minimum atomic E-state index is 1.14. The van der Waals surface area contributed by atoms with Crippen molar-refractivity contribution in [1.82, 2.24) is 4.57 Å². The van der Waals surface area contributed by atoms with Gasteiger partial charge in [0, 0.05) is 22.8 Å². The Kier molecular flexibility index (Phi) is 7.92. The number of hydrogen-bond acceptors (Lipinski definition) is 0. The average Bonchev–Trinajstić information content (AvgIpc) is 3.61. The maximum absolute atomic E-state index is 2.39. The van der Waals surface area contributed by atoms with Gasteiger partial charge < -0.3 is 4.57 Å². The molecule has 240 valence electrons. The predicted octanol–water partition coefficient (Wildman–Crippen LogP) is 13.6. The van der Waals surface area contributed by atoms with Gasteiger partial charge >= 0.3 is 0 Å². The lowest BCUT2D eigenvalue weighted by molar-refractivity contribution is 1.13. The van der Waals surface area contributed by atoms with Crippen LogP contribution in [0.15, 0.2) is 212 Å². The number of fused-ring (bicyclic) bond motifs is 1. The number of benzene rings is 8. The van der Waals surface area contributed by atoms with Crippen LogP contribution >= 0.6 is 0 Å². The van der Waals surface area contributed by atoms with Gasteiger partial charge in [0.05, 0.1) is 5.52 Å². The van der Waals surface area contributed by atoms with Gasteiger partial charge in [-0.15, -0.1) is 0 Å². The first-order valence-corrected chi connectivity index (χ1v) is 17.5. The van der Waals surface area contributed by atoms with E-state index < -0.39 is 0 Å². The maximum atomic E-state index is 2.39. The van der Waals surface area contributed by atoms with Crippen molar-refractivity contribution in [1.29, 1.82) is 0 Å². The zero-order valence-electron chi connectivity index (χ0n) is 28.2. The Balaban J connectivity index is 1.28. The first-order chi connectivity index (χ1) is 25.3. The molecule has 1 heterocycles. The van der Waals surface area contributed by atoms with Gasteiger partial charge in [-0.1, -0.05) is 146 Å². The molecule has 51 heavy (non-hydrogen) atoms. The van der Waals surface area contributed by atoms with E-state index in [9.17, 15) is 0 Å². The summed E-state index contributed by atoms with van der Waals surface area (Å²) in [5, 5.41) is 1.21. The molecule has 0 atom stereocenters. The quantitative estimate of drug-likeness (QED) is 0.162. The SMILES string of the molecule is c1ccc(-c2cc(-c3ccccc3)cc(-c3ccc4c(c3)c(-c3cc(-c5ccccc5)cc(-c5ccccc5)c3)cn4-c3ccccc3)c2)cc1. The number of hydrogen-bond donors (Lipinski definition) is 0. The molecule has 1 aromatic heterocycles. The summed E-state index contributed by atoms with van der Waals surface area (Å²) in [5.41, 5.74) is 16.7. The molecule has 0 aliphatic carbocycles. The van der Waals surface area contributed by atoms with E-state index in [4.69, 9.17) is 0 Å². The van der Waals surface area contributed by atoms with Gasteiger partial charge in [0.15, 0.2) is 0 Å². The summed E-state index contributed by atoms with van der Waals surface area (Å²) in [7, 11) is 0. The van der Waals surface area contributed by atoms with Crippen molar-refractivity contribution in [2.24, 2.45) is 0 Å². The molecule has 0 fully saturated rings. The number of rotatable bonds is 7. The summed E-state index contributed by atoms with van der Waals surface area (Å²) < 4.78 is 2.33. The van der Waals surface area contributed by atoms with Gasteiger partial charge in [-0.25, -0.2) is 0 Å². The minimum Gasteiger partial charge on any atom is -0.316 e. The average molecular weight is 650 g/mol. The Morgan fingerprint density at radius 2 is 0.608 bits per heavy atom. The van der Waals surface area contributed by atoms with Crippen molar-refractivity contribution in [2.75, 3.05) is 0 Å². The summed E-state index contributed by atoms with van der Waals surface area (Å²) in [6.07, 6.45) is 2.32. The molecule has 0 aliphatic rings. The Labute approximate surface area is 299 Å². The molecular weight excluding hydrogens is 615 g/mol. The van der Waals surface area contributed by atoms with E-state index >= 15 is 0 Å². The van der Waals surface area contributed by atoms with Crippen LogP contribution in [0, 0.1) is 0 Å². The molecule has 1 nitrogen and oxygen atoms in total. The fourth-order valence-electron chi connectivity index (χ4n) is 7.21. The van der Waals surface area contributed by atoms with E-state index in [0.29, 0.717) is 0 Å². The zero-order valence-corrected chi connectivity index (χ0v) is 28.2. The molecule has 0 saturated carbocycles. The summed E-state index contributed by atoms with van der Waals surface area (Å²) in [5.74, 6) is 0. The van der Waals surface area contributed by atoms with E-state index in [1.165, 1.54) is 77.7 Å². The van der Waals surface area contributed by atoms with E-state index in [2.05, 4.69) is 217 Å². The van der Waals surface area contributed by atoms with Crippen LogP contribution in [0.3, 0.4) is 0 Å². The Hall–Kier alpha value is -6.70. The largest absolute Gasteiger partial charge is 0.316 e. The number of para-hydroxylation sites is 1. The fourth-order valence-corrected chi connectivity index (χ4v) is 7.21. The highest BCUT2D eigenvalue weighted by Gasteiger charge is 2.16. The third-order valence-electron chi connectivity index (χ3n) is 9.78. The van der Waals surface area contributed by atoms with Gasteiger partial charge in [0.25, 0.3) is 0 Å². The van der Waals surface area contributed by atoms with Gasteiger partial charge in [-0.2, -0.15) is 0 Å². The Bertz CT molecular complexity index is 2470. The van der Waals surface area contributed by atoms with Gasteiger partial charge in [-0.3, -0.25) is 0 Å². The molecule has 0 unspecified atom stereocenters. The highest BCUT2D eigenvalue weighted by atomic mass is 15.0. The maximum Gasteiger partial charge on any atom is 0.0535 e. The van der Waals surface area contributed by atoms with Crippen molar-refractivity contribution in [3.05, 3.63) is 212 Å². The first-order valence-electron chi connectivity index (χ1n) is 17.5. The summed E-state index contributed by atoms with van der Waals surface area (Å²) in [4.78, 5) is 0. The Morgan fingerprint density at radius 1 is 0.255 bits per heavy atom. The monoisotopic (exact) mass is 649 g/mol. The topological polar surface area (TPSA) is 4.93 Å². The van der Waals surface area contributed by atoms with Crippen molar-refractivity contribution in [2.45, 2.75) is 0 Å². The summed E-state index contributed by atoms with van der Waals surface area (Å²) in [6, 6.07) is 74.4. The molecule has 0 radical (unpaired) electrons. The predicted molar refractivity (Wildman–Crippen MR) is 216 cm³/mol. The van der Waals surface area contributed by atoms with Gasteiger partial charge in [-0.05, 0) is 122 Å². The van der Waals surface area contributed by atoms with Crippen LogP contribution in [-0.2, 0) is 0 Å². The molecular formula is C50H35N. The lowest BCUT2D eigenvalue weighted by Gasteiger charge is -2.13. The van der Waals surface area contributed by atoms with Crippen LogP contribution in [0.1, 0.15) is 0 Å². The molecule has 9 aromatic rings. The van der Waals surface area contributed by atoms with Crippen LogP contribution in [-0.4, -0.2) is 4.57 Å². The standard InChI is InChI=1S/C50H35N/c1-6-16-36(17-7-1)41-28-42(37-18-8-2-9-19-37)31-45(30-41)40-26-27-50-48(34-40)49(35-51(50)47-24-14-5-15-25-47)46-32-43(38-20-10-3-11-21-38)29-44(33-46)39-22-12-4-13-23-39/h1-35H. The molecule has 0 aliphatic heterocycles. The third-order valence-corrected chi connectivity index (χ3v) is 9.78. The smallest absolute Gasteiger partial charge is 0.0535 e. The summed E-state index contributed by atoms with van der Waals surface area (Å²) in [6.45, 7) is 0. The van der Waals surface area contributed by atoms with Crippen molar-refractivity contribution in [3.8, 4) is 72.4 Å². The van der Waals surface area contributed by atoms with E-state index in [1.54, 1.807) is 0 Å². The molecule has 0 saturated heterocycles. The molecule has 8 aromatic carbocycles. The molecule has 0 bridgehead atoms. The molecule has 1 heteroatoms. The van der Waals surface area contributed by atoms with E-state index in [0.717, 1.165) is 5.69 Å². The summed E-state index contributed by atoms with van der Waals surface area (Å²) >= 11 is 0. The first kappa shape index (κ1) is 30.4. The number of aromatic nitrogens is 1. The highest BCUT2D eigenvalue weighted by Crippen LogP contribution is 2.40. The van der Waals surface area contributed by atoms with Crippen molar-refractivity contribution >= 4 is 10.9 Å². The zero-order chi connectivity index (χ0) is 34.0. The van der Waals surface area contributed by atoms with E-state index in [-0.39, 0.29) is 0 Å². The van der Waals surface area contributed by atoms with Gasteiger partial charge in [0.2, 0.25) is 0 Å². The molecule has 9 rings (SSSR count). The lowest BCUT2D eigenvalue weighted by Crippen LogP contribution is -1.91. The van der Waals surface area contributed by atoms with Gasteiger partial charge in [0.1, 0.15) is 0 Å². The molecule has 0 amide bonds. The van der Waals surface area contributed by atoms with Crippen LogP contribution in [0.5, 0.6) is 0 Å². The second-order valence-electron chi connectivity index (χ2n) is 13.0. The molecule has 0 N–H and O–H groups in total.